The Balaban J connectivity index is 1.95. The maximum Gasteiger partial charge on any atom is 0.331 e. The van der Waals surface area contributed by atoms with Crippen molar-refractivity contribution in [3.05, 3.63) is 59.2 Å². The van der Waals surface area contributed by atoms with Gasteiger partial charge in [0.15, 0.2) is 0 Å². The molecule has 0 aliphatic heterocycles. The van der Waals surface area contributed by atoms with Gasteiger partial charge in [-0.2, -0.15) is 0 Å². The number of fused-ring (bicyclic) bond motifs is 3. The summed E-state index contributed by atoms with van der Waals surface area (Å²) in [6, 6.07) is 15.4. The van der Waals surface area contributed by atoms with Gasteiger partial charge in [0, 0.05) is 18.8 Å². The molecule has 33 heavy (non-hydrogen) atoms. The zero-order valence-electron chi connectivity index (χ0n) is 20.3. The maximum absolute atomic E-state index is 11.9. The summed E-state index contributed by atoms with van der Waals surface area (Å²) in [6.45, 7) is 7.95. The molecule has 1 aliphatic carbocycles. The molecule has 3 rings (SSSR count). The van der Waals surface area contributed by atoms with E-state index >= 15 is 0 Å². The molecule has 2 aromatic rings. The first-order valence-corrected chi connectivity index (χ1v) is 12.1. The second kappa shape index (κ2) is 11.3. The van der Waals surface area contributed by atoms with Crippen molar-refractivity contribution < 1.29 is 19.2 Å². The number of rotatable bonds is 11. The van der Waals surface area contributed by atoms with Crippen molar-refractivity contribution in [3.63, 3.8) is 0 Å². The molecule has 0 spiro atoms. The molecule has 5 heteroatoms. The average molecular weight is 450 g/mol. The third-order valence-electron chi connectivity index (χ3n) is 6.32. The number of carbonyl (C=O) groups is 2. The SMILES string of the molecule is CCCC1(CCC)c2ccccc2-c2ccc(C/C(CCC(=O)OCC)=N/OC(C)=O)cc21. The highest BCUT2D eigenvalue weighted by Gasteiger charge is 2.41. The molecular formula is C28H35NO4. The molecule has 176 valence electrons. The van der Waals surface area contributed by atoms with Crippen LogP contribution in [0.5, 0.6) is 0 Å². The number of ether oxygens (including phenoxy) is 1. The summed E-state index contributed by atoms with van der Waals surface area (Å²) in [5, 5.41) is 4.05. The van der Waals surface area contributed by atoms with Gasteiger partial charge in [0.25, 0.3) is 0 Å². The Labute approximate surface area is 197 Å². The number of nitrogens with zero attached hydrogens (tertiary/aromatic N) is 1. The number of benzene rings is 2. The van der Waals surface area contributed by atoms with Crippen molar-refractivity contribution in [1.82, 2.24) is 0 Å². The summed E-state index contributed by atoms with van der Waals surface area (Å²) >= 11 is 0. The summed E-state index contributed by atoms with van der Waals surface area (Å²) in [4.78, 5) is 28.1. The van der Waals surface area contributed by atoms with E-state index < -0.39 is 5.97 Å². The summed E-state index contributed by atoms with van der Waals surface area (Å²) in [6.07, 6.45) is 5.54. The van der Waals surface area contributed by atoms with Crippen LogP contribution in [0, 0.1) is 0 Å². The maximum atomic E-state index is 11.9. The van der Waals surface area contributed by atoms with Crippen LogP contribution in [-0.2, 0) is 31.0 Å². The van der Waals surface area contributed by atoms with E-state index in [1.54, 1.807) is 6.92 Å². The lowest BCUT2D eigenvalue weighted by atomic mass is 9.71. The number of hydrogen-bond donors (Lipinski definition) is 0. The summed E-state index contributed by atoms with van der Waals surface area (Å²) in [5.74, 6) is -0.750. The lowest BCUT2D eigenvalue weighted by Gasteiger charge is -2.32. The number of carbonyl (C=O) groups excluding carboxylic acids is 2. The molecular weight excluding hydrogens is 414 g/mol. The fourth-order valence-corrected chi connectivity index (χ4v) is 5.14. The van der Waals surface area contributed by atoms with Gasteiger partial charge >= 0.3 is 11.9 Å². The molecule has 5 nitrogen and oxygen atoms in total. The molecule has 0 saturated heterocycles. The van der Waals surface area contributed by atoms with Crippen LogP contribution in [0.3, 0.4) is 0 Å². The van der Waals surface area contributed by atoms with Crippen LogP contribution in [-0.4, -0.2) is 24.3 Å². The molecule has 0 amide bonds. The zero-order chi connectivity index (χ0) is 23.8. The number of hydrogen-bond acceptors (Lipinski definition) is 5. The Morgan fingerprint density at radius 2 is 1.61 bits per heavy atom. The zero-order valence-corrected chi connectivity index (χ0v) is 20.3. The third kappa shape index (κ3) is 5.52. The van der Waals surface area contributed by atoms with E-state index in [1.807, 2.05) is 0 Å². The Hall–Kier alpha value is -2.95. The molecule has 1 aliphatic rings. The van der Waals surface area contributed by atoms with Crippen LogP contribution in [0.1, 0.15) is 82.9 Å². The second-order valence-electron chi connectivity index (χ2n) is 8.73. The fourth-order valence-electron chi connectivity index (χ4n) is 5.14. The first-order chi connectivity index (χ1) is 15.9. The van der Waals surface area contributed by atoms with Gasteiger partial charge in [-0.3, -0.25) is 4.79 Å². The van der Waals surface area contributed by atoms with E-state index in [0.717, 1.165) is 31.2 Å². The van der Waals surface area contributed by atoms with Crippen LogP contribution < -0.4 is 0 Å². The minimum atomic E-state index is -0.474. The monoisotopic (exact) mass is 449 g/mol. The highest BCUT2D eigenvalue weighted by Crippen LogP contribution is 2.53. The third-order valence-corrected chi connectivity index (χ3v) is 6.32. The first-order valence-electron chi connectivity index (χ1n) is 12.1. The van der Waals surface area contributed by atoms with Gasteiger partial charge in [-0.25, -0.2) is 4.79 Å². The molecule has 0 bridgehead atoms. The van der Waals surface area contributed by atoms with Gasteiger partial charge in [0.05, 0.1) is 18.7 Å². The van der Waals surface area contributed by atoms with Crippen molar-refractivity contribution >= 4 is 17.7 Å². The van der Waals surface area contributed by atoms with Gasteiger partial charge in [-0.1, -0.05) is 74.3 Å². The van der Waals surface area contributed by atoms with E-state index in [0.29, 0.717) is 25.2 Å². The van der Waals surface area contributed by atoms with Crippen LogP contribution in [0.15, 0.2) is 47.6 Å². The standard InChI is InChI=1S/C28H35NO4/c1-5-16-28(17-6-2)25-11-9-8-10-23(25)24-14-12-21(19-26(24)28)18-22(29-33-20(4)30)13-15-27(31)32-7-3/h8-12,14,19H,5-7,13,15-18H2,1-4H3/b29-22+. The molecule has 0 N–H and O–H groups in total. The van der Waals surface area contributed by atoms with Crippen molar-refractivity contribution in [2.45, 2.75) is 78.1 Å². The number of oxime groups is 1. The quantitative estimate of drug-likeness (QED) is 0.173. The van der Waals surface area contributed by atoms with E-state index in [9.17, 15) is 9.59 Å². The molecule has 0 aromatic heterocycles. The summed E-state index contributed by atoms with van der Waals surface area (Å²) < 4.78 is 5.04. The minimum Gasteiger partial charge on any atom is -0.466 e. The lowest BCUT2D eigenvalue weighted by Crippen LogP contribution is -2.25. The fraction of sp³-hybridized carbons (Fsp3) is 0.464. The van der Waals surface area contributed by atoms with Crippen LogP contribution in [0.25, 0.3) is 11.1 Å². The van der Waals surface area contributed by atoms with E-state index in [-0.39, 0.29) is 17.8 Å². The Kier molecular flexibility index (Phi) is 8.43. The highest BCUT2D eigenvalue weighted by molar-refractivity contribution is 5.90. The Morgan fingerprint density at radius 3 is 2.27 bits per heavy atom. The van der Waals surface area contributed by atoms with Gasteiger partial charge < -0.3 is 9.57 Å². The lowest BCUT2D eigenvalue weighted by molar-refractivity contribution is -0.143. The first kappa shape index (κ1) is 24.7. The molecule has 0 fully saturated rings. The molecule has 0 unspecified atom stereocenters. The largest absolute Gasteiger partial charge is 0.466 e. The van der Waals surface area contributed by atoms with Crippen molar-refractivity contribution in [1.29, 1.82) is 0 Å². The molecule has 0 radical (unpaired) electrons. The average Bonchev–Trinajstić information content (AvgIpc) is 3.06. The summed E-state index contributed by atoms with van der Waals surface area (Å²) in [5.41, 5.74) is 7.22. The van der Waals surface area contributed by atoms with Gasteiger partial charge in [-0.15, -0.1) is 0 Å². The topological polar surface area (TPSA) is 65.0 Å². The molecule has 0 heterocycles. The molecule has 0 atom stereocenters. The van der Waals surface area contributed by atoms with E-state index in [4.69, 9.17) is 9.57 Å². The second-order valence-corrected chi connectivity index (χ2v) is 8.73. The number of esters is 1. The van der Waals surface area contributed by atoms with E-state index in [2.05, 4.69) is 61.5 Å². The van der Waals surface area contributed by atoms with Crippen molar-refractivity contribution in [3.8, 4) is 11.1 Å². The Bertz CT molecular complexity index is 1020. The molecule has 2 aromatic carbocycles. The highest BCUT2D eigenvalue weighted by atomic mass is 16.7. The Morgan fingerprint density at radius 1 is 0.909 bits per heavy atom. The van der Waals surface area contributed by atoms with Crippen LogP contribution >= 0.6 is 0 Å². The normalized spacial score (nSPS) is 13.9. The summed E-state index contributed by atoms with van der Waals surface area (Å²) in [7, 11) is 0. The van der Waals surface area contributed by atoms with Crippen LogP contribution in [0.2, 0.25) is 0 Å². The van der Waals surface area contributed by atoms with Gasteiger partial charge in [-0.05, 0) is 54.0 Å². The smallest absolute Gasteiger partial charge is 0.331 e. The van der Waals surface area contributed by atoms with Gasteiger partial charge in [0.2, 0.25) is 0 Å². The minimum absolute atomic E-state index is 0.0174. The van der Waals surface area contributed by atoms with Gasteiger partial charge in [0.1, 0.15) is 0 Å². The predicted octanol–water partition coefficient (Wildman–Crippen LogP) is 6.36. The van der Waals surface area contributed by atoms with Crippen LogP contribution in [0.4, 0.5) is 0 Å². The van der Waals surface area contributed by atoms with E-state index in [1.165, 1.54) is 29.2 Å². The van der Waals surface area contributed by atoms with Crippen molar-refractivity contribution in [2.24, 2.45) is 5.16 Å². The molecule has 0 saturated carbocycles. The van der Waals surface area contributed by atoms with Crippen molar-refractivity contribution in [2.75, 3.05) is 6.61 Å². The predicted molar refractivity (Wildman–Crippen MR) is 131 cm³/mol.